The maximum Gasteiger partial charge on any atom is 0.0635 e. The Morgan fingerprint density at radius 3 is 3.08 bits per heavy atom. The molecule has 1 nitrogen and oxygen atoms in total. The highest BCUT2D eigenvalue weighted by Gasteiger charge is 1.98. The number of nitrogens with zero attached hydrogens (tertiary/aromatic N) is 1. The first-order valence-electron chi connectivity index (χ1n) is 3.88. The Labute approximate surface area is 73.9 Å². The molecule has 0 N–H and O–H groups in total. The van der Waals surface area contributed by atoms with Crippen LogP contribution in [0, 0.1) is 0 Å². The van der Waals surface area contributed by atoms with Crippen LogP contribution in [0.25, 0.3) is 15.7 Å². The molecular weight excluding hydrogens is 166 g/mol. The molecule has 3 rings (SSSR count). The normalized spacial score (nSPS) is 11.3. The molecule has 0 bridgehead atoms. The standard InChI is InChI=1S/C10H7NS/c1-2-8-3-4-10-9(5-7-12-10)11(8)6-1/h1-7H. The average Bonchev–Trinajstić information content (AvgIpc) is 2.71. The van der Waals surface area contributed by atoms with E-state index in [4.69, 9.17) is 0 Å². The zero-order valence-corrected chi connectivity index (χ0v) is 7.21. The molecule has 2 heteroatoms. The van der Waals surface area contributed by atoms with Crippen LogP contribution in [0.15, 0.2) is 41.9 Å². The van der Waals surface area contributed by atoms with Crippen molar-refractivity contribution in [3.05, 3.63) is 41.9 Å². The van der Waals surface area contributed by atoms with Gasteiger partial charge in [-0.3, -0.25) is 0 Å². The SMILES string of the molecule is c1cc2ccc3sccc3n2c1. The van der Waals surface area contributed by atoms with Crippen LogP contribution in [0.5, 0.6) is 0 Å². The Morgan fingerprint density at radius 1 is 1.08 bits per heavy atom. The lowest BCUT2D eigenvalue weighted by Crippen LogP contribution is -1.80. The highest BCUT2D eigenvalue weighted by molar-refractivity contribution is 7.17. The maximum atomic E-state index is 2.21. The summed E-state index contributed by atoms with van der Waals surface area (Å²) in [5, 5.41) is 2.13. The van der Waals surface area contributed by atoms with Gasteiger partial charge in [-0.25, -0.2) is 0 Å². The van der Waals surface area contributed by atoms with Crippen molar-refractivity contribution in [2.45, 2.75) is 0 Å². The summed E-state index contributed by atoms with van der Waals surface area (Å²) in [7, 11) is 0. The minimum Gasteiger partial charge on any atom is -0.316 e. The Kier molecular flexibility index (Phi) is 1.10. The van der Waals surface area contributed by atoms with Gasteiger partial charge in [0.15, 0.2) is 0 Å². The van der Waals surface area contributed by atoms with E-state index in [2.05, 4.69) is 46.3 Å². The first-order valence-corrected chi connectivity index (χ1v) is 4.76. The summed E-state index contributed by atoms with van der Waals surface area (Å²) < 4.78 is 3.56. The predicted octanol–water partition coefficient (Wildman–Crippen LogP) is 3.15. The van der Waals surface area contributed by atoms with Crippen LogP contribution < -0.4 is 0 Å². The fraction of sp³-hybridized carbons (Fsp3) is 0. The Bertz CT molecular complexity index is 483. The van der Waals surface area contributed by atoms with E-state index in [-0.39, 0.29) is 0 Å². The van der Waals surface area contributed by atoms with Gasteiger partial charge >= 0.3 is 0 Å². The number of thiophene rings is 1. The van der Waals surface area contributed by atoms with Crippen LogP contribution in [0.1, 0.15) is 0 Å². The fourth-order valence-corrected chi connectivity index (χ4v) is 2.33. The average molecular weight is 173 g/mol. The summed E-state index contributed by atoms with van der Waals surface area (Å²) in [6.07, 6.45) is 2.10. The first-order chi connectivity index (χ1) is 5.95. The molecule has 0 amide bonds. The molecule has 3 aromatic heterocycles. The molecule has 0 aliphatic carbocycles. The van der Waals surface area contributed by atoms with E-state index < -0.39 is 0 Å². The van der Waals surface area contributed by atoms with E-state index >= 15 is 0 Å². The fourth-order valence-electron chi connectivity index (χ4n) is 1.55. The van der Waals surface area contributed by atoms with Gasteiger partial charge in [-0.1, -0.05) is 0 Å². The predicted molar refractivity (Wildman–Crippen MR) is 52.8 cm³/mol. The van der Waals surface area contributed by atoms with Gasteiger partial charge < -0.3 is 4.40 Å². The molecule has 0 spiro atoms. The summed E-state index contributed by atoms with van der Waals surface area (Å²) in [5.41, 5.74) is 2.57. The molecule has 0 aliphatic heterocycles. The molecule has 0 saturated heterocycles. The monoisotopic (exact) mass is 173 g/mol. The molecule has 0 aliphatic rings. The van der Waals surface area contributed by atoms with Crippen molar-refractivity contribution in [1.82, 2.24) is 4.40 Å². The van der Waals surface area contributed by atoms with E-state index in [9.17, 15) is 0 Å². The van der Waals surface area contributed by atoms with Crippen molar-refractivity contribution < 1.29 is 0 Å². The molecule has 3 aromatic rings. The summed E-state index contributed by atoms with van der Waals surface area (Å²) >= 11 is 1.78. The third-order valence-electron chi connectivity index (χ3n) is 2.12. The molecule has 0 saturated carbocycles. The van der Waals surface area contributed by atoms with E-state index in [0.717, 1.165) is 0 Å². The van der Waals surface area contributed by atoms with Gasteiger partial charge in [0.1, 0.15) is 0 Å². The summed E-state index contributed by atoms with van der Waals surface area (Å²) in [4.78, 5) is 0. The minimum absolute atomic E-state index is 1.26. The maximum absolute atomic E-state index is 2.21. The van der Waals surface area contributed by atoms with Gasteiger partial charge in [-0.15, -0.1) is 11.3 Å². The van der Waals surface area contributed by atoms with Gasteiger partial charge in [-0.05, 0) is 35.7 Å². The summed E-state index contributed by atoms with van der Waals surface area (Å²) in [6.45, 7) is 0. The van der Waals surface area contributed by atoms with Gasteiger partial charge in [0.2, 0.25) is 0 Å². The number of hydrogen-bond acceptors (Lipinski definition) is 1. The molecule has 0 unspecified atom stereocenters. The second kappa shape index (κ2) is 2.11. The number of aromatic nitrogens is 1. The van der Waals surface area contributed by atoms with Crippen LogP contribution in [0.3, 0.4) is 0 Å². The lowest BCUT2D eigenvalue weighted by atomic mass is 10.3. The van der Waals surface area contributed by atoms with E-state index in [0.29, 0.717) is 0 Å². The van der Waals surface area contributed by atoms with Crippen molar-refractivity contribution >= 4 is 27.1 Å². The number of rotatable bonds is 0. The Balaban J connectivity index is 2.71. The molecule has 3 heterocycles. The molecule has 0 radical (unpaired) electrons. The van der Waals surface area contributed by atoms with Gasteiger partial charge in [0.05, 0.1) is 10.2 Å². The van der Waals surface area contributed by atoms with E-state index in [1.807, 2.05) is 0 Å². The number of pyridine rings is 1. The zero-order valence-electron chi connectivity index (χ0n) is 6.40. The first kappa shape index (κ1) is 6.26. The molecule has 0 fully saturated rings. The van der Waals surface area contributed by atoms with Crippen molar-refractivity contribution in [2.75, 3.05) is 0 Å². The molecule has 0 atom stereocenters. The highest BCUT2D eigenvalue weighted by atomic mass is 32.1. The Hall–Kier alpha value is -1.28. The third kappa shape index (κ3) is 0.676. The number of fused-ring (bicyclic) bond motifs is 3. The van der Waals surface area contributed by atoms with Crippen LogP contribution in [-0.4, -0.2) is 4.40 Å². The van der Waals surface area contributed by atoms with Crippen LogP contribution in [-0.2, 0) is 0 Å². The molecule has 12 heavy (non-hydrogen) atoms. The van der Waals surface area contributed by atoms with Gasteiger partial charge in [0.25, 0.3) is 0 Å². The van der Waals surface area contributed by atoms with E-state index in [1.165, 1.54) is 15.7 Å². The van der Waals surface area contributed by atoms with Crippen molar-refractivity contribution in [3.8, 4) is 0 Å². The van der Waals surface area contributed by atoms with E-state index in [1.54, 1.807) is 11.3 Å². The summed E-state index contributed by atoms with van der Waals surface area (Å²) in [6, 6.07) is 10.7. The molecular formula is C10H7NS. The van der Waals surface area contributed by atoms with Crippen LogP contribution in [0.2, 0.25) is 0 Å². The topological polar surface area (TPSA) is 4.41 Å². The van der Waals surface area contributed by atoms with Gasteiger partial charge in [0, 0.05) is 11.7 Å². The molecule has 0 aromatic carbocycles. The quantitative estimate of drug-likeness (QED) is 0.492. The zero-order chi connectivity index (χ0) is 7.97. The largest absolute Gasteiger partial charge is 0.316 e. The molecule has 58 valence electrons. The second-order valence-electron chi connectivity index (χ2n) is 2.81. The highest BCUT2D eigenvalue weighted by Crippen LogP contribution is 2.22. The van der Waals surface area contributed by atoms with Crippen LogP contribution in [0.4, 0.5) is 0 Å². The smallest absolute Gasteiger partial charge is 0.0635 e. The minimum atomic E-state index is 1.26. The van der Waals surface area contributed by atoms with Crippen molar-refractivity contribution in [2.24, 2.45) is 0 Å². The lowest BCUT2D eigenvalue weighted by molar-refractivity contribution is 1.28. The lowest BCUT2D eigenvalue weighted by Gasteiger charge is -1.95. The second-order valence-corrected chi connectivity index (χ2v) is 3.75. The van der Waals surface area contributed by atoms with Crippen molar-refractivity contribution in [1.29, 1.82) is 0 Å². The van der Waals surface area contributed by atoms with Gasteiger partial charge in [-0.2, -0.15) is 0 Å². The summed E-state index contributed by atoms with van der Waals surface area (Å²) in [5.74, 6) is 0. The number of hydrogen-bond donors (Lipinski definition) is 0. The van der Waals surface area contributed by atoms with Crippen LogP contribution >= 0.6 is 11.3 Å². The van der Waals surface area contributed by atoms with Crippen molar-refractivity contribution in [3.63, 3.8) is 0 Å². The Morgan fingerprint density at radius 2 is 2.08 bits per heavy atom. The third-order valence-corrected chi connectivity index (χ3v) is 2.99.